The number of esters is 1. The van der Waals surface area contributed by atoms with Crippen molar-refractivity contribution in [2.75, 3.05) is 37.8 Å². The van der Waals surface area contributed by atoms with Crippen molar-refractivity contribution in [1.29, 1.82) is 0 Å². The monoisotopic (exact) mass is 442 g/mol. The van der Waals surface area contributed by atoms with Gasteiger partial charge in [-0.3, -0.25) is 9.59 Å². The SMILES string of the molecule is CCOC(=O)C(C(C)=O)N(C(=O)c1cc(N2CCOCC2)cc(C(F)(F)F)c1)C1CC1. The zero-order valence-electron chi connectivity index (χ0n) is 17.4. The molecule has 1 saturated carbocycles. The van der Waals surface area contributed by atoms with Crippen molar-refractivity contribution >= 4 is 23.3 Å². The zero-order valence-corrected chi connectivity index (χ0v) is 17.4. The van der Waals surface area contributed by atoms with E-state index in [1.165, 1.54) is 6.07 Å². The fraction of sp³-hybridized carbons (Fsp3) is 0.571. The van der Waals surface area contributed by atoms with Gasteiger partial charge in [0.1, 0.15) is 0 Å². The fourth-order valence-electron chi connectivity index (χ4n) is 3.59. The second kappa shape index (κ2) is 9.25. The number of anilines is 1. The normalized spacial score (nSPS) is 17.8. The number of morpholine rings is 1. The van der Waals surface area contributed by atoms with Gasteiger partial charge >= 0.3 is 12.1 Å². The van der Waals surface area contributed by atoms with Crippen LogP contribution in [0.2, 0.25) is 0 Å². The van der Waals surface area contributed by atoms with Crippen molar-refractivity contribution in [3.63, 3.8) is 0 Å². The number of carbonyl (C=O) groups excluding carboxylic acids is 3. The van der Waals surface area contributed by atoms with E-state index in [-0.39, 0.29) is 17.9 Å². The smallest absolute Gasteiger partial charge is 0.416 e. The molecule has 1 aliphatic heterocycles. The number of hydrogen-bond acceptors (Lipinski definition) is 6. The lowest BCUT2D eigenvalue weighted by Crippen LogP contribution is -2.51. The minimum atomic E-state index is -4.66. The van der Waals surface area contributed by atoms with Crippen LogP contribution in [-0.2, 0) is 25.2 Å². The molecule has 0 N–H and O–H groups in total. The summed E-state index contributed by atoms with van der Waals surface area (Å²) in [5.41, 5.74) is -0.947. The van der Waals surface area contributed by atoms with Crippen molar-refractivity contribution in [3.05, 3.63) is 29.3 Å². The Hall–Kier alpha value is -2.62. The number of benzene rings is 1. The first-order valence-corrected chi connectivity index (χ1v) is 10.2. The first-order chi connectivity index (χ1) is 14.6. The van der Waals surface area contributed by atoms with Gasteiger partial charge in [-0.25, -0.2) is 4.79 Å². The van der Waals surface area contributed by atoms with Crippen LogP contribution in [0.1, 0.15) is 42.6 Å². The molecule has 10 heteroatoms. The van der Waals surface area contributed by atoms with Gasteiger partial charge in [-0.2, -0.15) is 13.2 Å². The topological polar surface area (TPSA) is 76.2 Å². The van der Waals surface area contributed by atoms with E-state index in [0.717, 1.165) is 24.0 Å². The van der Waals surface area contributed by atoms with Gasteiger partial charge in [-0.05, 0) is 44.9 Å². The summed E-state index contributed by atoms with van der Waals surface area (Å²) in [6.45, 7) is 4.25. The molecule has 170 valence electrons. The molecule has 7 nitrogen and oxygen atoms in total. The maximum atomic E-state index is 13.6. The number of ether oxygens (including phenoxy) is 2. The number of hydrogen-bond donors (Lipinski definition) is 0. The Morgan fingerprint density at radius 3 is 2.35 bits per heavy atom. The van der Waals surface area contributed by atoms with E-state index in [2.05, 4.69) is 0 Å². The number of carbonyl (C=O) groups is 3. The minimum absolute atomic E-state index is 0.0139. The first kappa shape index (κ1) is 23.1. The highest BCUT2D eigenvalue weighted by Crippen LogP contribution is 2.36. The van der Waals surface area contributed by atoms with Gasteiger partial charge in [0, 0.05) is 30.4 Å². The average Bonchev–Trinajstić information content (AvgIpc) is 3.56. The Morgan fingerprint density at radius 2 is 1.84 bits per heavy atom. The fourth-order valence-corrected chi connectivity index (χ4v) is 3.59. The molecule has 0 bridgehead atoms. The van der Waals surface area contributed by atoms with Crippen molar-refractivity contribution < 1.29 is 37.0 Å². The molecule has 0 radical (unpaired) electrons. The highest BCUT2D eigenvalue weighted by Gasteiger charge is 2.44. The van der Waals surface area contributed by atoms with Crippen molar-refractivity contribution in [1.82, 2.24) is 4.90 Å². The van der Waals surface area contributed by atoms with Crippen LogP contribution in [0.4, 0.5) is 18.9 Å². The molecule has 1 aromatic carbocycles. The van der Waals surface area contributed by atoms with Crippen LogP contribution in [0, 0.1) is 0 Å². The molecular formula is C21H25F3N2O5. The van der Waals surface area contributed by atoms with Gasteiger partial charge in [0.25, 0.3) is 5.91 Å². The molecular weight excluding hydrogens is 417 g/mol. The van der Waals surface area contributed by atoms with Crippen LogP contribution < -0.4 is 4.90 Å². The number of rotatable bonds is 7. The molecule has 1 unspecified atom stereocenters. The van der Waals surface area contributed by atoms with Gasteiger partial charge in [0.15, 0.2) is 11.8 Å². The molecule has 31 heavy (non-hydrogen) atoms. The molecule has 1 aromatic rings. The third-order valence-electron chi connectivity index (χ3n) is 5.22. The van der Waals surface area contributed by atoms with Gasteiger partial charge in [-0.1, -0.05) is 0 Å². The summed E-state index contributed by atoms with van der Waals surface area (Å²) in [4.78, 5) is 40.8. The van der Waals surface area contributed by atoms with E-state index >= 15 is 0 Å². The number of halogens is 3. The lowest BCUT2D eigenvalue weighted by Gasteiger charge is -2.31. The van der Waals surface area contributed by atoms with Crippen LogP contribution in [0.15, 0.2) is 18.2 Å². The average molecular weight is 442 g/mol. The predicted molar refractivity (Wildman–Crippen MR) is 105 cm³/mol. The first-order valence-electron chi connectivity index (χ1n) is 10.2. The number of ketones is 1. The Labute approximate surface area is 178 Å². The largest absolute Gasteiger partial charge is 0.464 e. The summed E-state index contributed by atoms with van der Waals surface area (Å²) < 4.78 is 50.9. The second-order valence-corrected chi connectivity index (χ2v) is 7.57. The summed E-state index contributed by atoms with van der Waals surface area (Å²) >= 11 is 0. The van der Waals surface area contributed by atoms with Crippen molar-refractivity contribution in [2.24, 2.45) is 0 Å². The predicted octanol–water partition coefficient (Wildman–Crippen LogP) is 2.67. The molecule has 1 amide bonds. The van der Waals surface area contributed by atoms with E-state index in [0.29, 0.717) is 39.1 Å². The maximum absolute atomic E-state index is 13.6. The Morgan fingerprint density at radius 1 is 1.19 bits per heavy atom. The lowest BCUT2D eigenvalue weighted by atomic mass is 10.0. The molecule has 0 spiro atoms. The van der Waals surface area contributed by atoms with Gasteiger partial charge in [0.2, 0.25) is 0 Å². The summed E-state index contributed by atoms with van der Waals surface area (Å²) in [7, 11) is 0. The van der Waals surface area contributed by atoms with E-state index in [1.807, 2.05) is 0 Å². The van der Waals surface area contributed by atoms with Gasteiger partial charge < -0.3 is 19.3 Å². The summed E-state index contributed by atoms with van der Waals surface area (Å²) in [6.07, 6.45) is -3.54. The Bertz CT molecular complexity index is 848. The van der Waals surface area contributed by atoms with Gasteiger partial charge in [0.05, 0.1) is 25.4 Å². The highest BCUT2D eigenvalue weighted by molar-refractivity contribution is 6.08. The molecule has 1 atom stereocenters. The van der Waals surface area contributed by atoms with E-state index in [4.69, 9.17) is 9.47 Å². The van der Waals surface area contributed by atoms with Crippen molar-refractivity contribution in [3.8, 4) is 0 Å². The summed E-state index contributed by atoms with van der Waals surface area (Å²) in [5.74, 6) is -2.27. The standard InChI is InChI=1S/C21H25F3N2O5/c1-3-31-20(29)18(13(2)27)26(16-4-5-16)19(28)14-10-15(21(22,23)24)12-17(11-14)25-6-8-30-9-7-25/h10-12,16,18H,3-9H2,1-2H3. The molecule has 2 fully saturated rings. The third kappa shape index (κ3) is 5.36. The quantitative estimate of drug-likeness (QED) is 0.478. The van der Waals surface area contributed by atoms with Crippen LogP contribution in [0.5, 0.6) is 0 Å². The minimum Gasteiger partial charge on any atom is -0.464 e. The second-order valence-electron chi connectivity index (χ2n) is 7.57. The molecule has 1 saturated heterocycles. The number of Topliss-reactive ketones (excluding diaryl/α,β-unsaturated/α-hetero) is 1. The zero-order chi connectivity index (χ0) is 22.8. The molecule has 3 rings (SSSR count). The number of alkyl halides is 3. The number of nitrogens with zero attached hydrogens (tertiary/aromatic N) is 2. The van der Waals surface area contributed by atoms with Crippen LogP contribution in [0.3, 0.4) is 0 Å². The highest BCUT2D eigenvalue weighted by atomic mass is 19.4. The van der Waals surface area contributed by atoms with E-state index in [1.54, 1.807) is 11.8 Å². The molecule has 0 aromatic heterocycles. The maximum Gasteiger partial charge on any atom is 0.416 e. The third-order valence-corrected chi connectivity index (χ3v) is 5.22. The Balaban J connectivity index is 2.02. The van der Waals surface area contributed by atoms with E-state index < -0.39 is 41.5 Å². The molecule has 1 aliphatic carbocycles. The summed E-state index contributed by atoms with van der Waals surface area (Å²) in [5, 5.41) is 0. The lowest BCUT2D eigenvalue weighted by molar-refractivity contribution is -0.152. The van der Waals surface area contributed by atoms with Crippen LogP contribution in [-0.4, -0.2) is 67.6 Å². The van der Waals surface area contributed by atoms with E-state index in [9.17, 15) is 27.6 Å². The van der Waals surface area contributed by atoms with Crippen LogP contribution in [0.25, 0.3) is 0 Å². The number of amides is 1. The van der Waals surface area contributed by atoms with Crippen LogP contribution >= 0.6 is 0 Å². The molecule has 1 heterocycles. The molecule has 2 aliphatic rings. The van der Waals surface area contributed by atoms with Gasteiger partial charge in [-0.15, -0.1) is 0 Å². The summed E-state index contributed by atoms with van der Waals surface area (Å²) in [6, 6.07) is 1.26. The Kier molecular flexibility index (Phi) is 6.88. The van der Waals surface area contributed by atoms with Crippen molar-refractivity contribution in [2.45, 2.75) is 44.9 Å².